The van der Waals surface area contributed by atoms with E-state index < -0.39 is 18.2 Å². The van der Waals surface area contributed by atoms with E-state index in [1.165, 1.54) is 0 Å². The predicted octanol–water partition coefficient (Wildman–Crippen LogP) is 2.75. The molecule has 0 nitrogen and oxygen atoms in total. The van der Waals surface area contributed by atoms with Crippen LogP contribution in [0.25, 0.3) is 0 Å². The Morgan fingerprint density at radius 2 is 1.20 bits per heavy atom. The number of hydrogen-bond acceptors (Lipinski definition) is 0. The van der Waals surface area contributed by atoms with Crippen molar-refractivity contribution in [1.82, 2.24) is 0 Å². The van der Waals surface area contributed by atoms with Crippen molar-refractivity contribution in [3.63, 3.8) is 0 Å². The van der Waals surface area contributed by atoms with Crippen LogP contribution in [0.1, 0.15) is 8.29 Å². The van der Waals surface area contributed by atoms with E-state index >= 15 is 0 Å². The first-order chi connectivity index (χ1) is 4.50. The zero-order valence-corrected chi connectivity index (χ0v) is 4.77. The van der Waals surface area contributed by atoms with Crippen LogP contribution >= 0.6 is 0 Å². The molecule has 0 fully saturated rings. The van der Waals surface area contributed by atoms with Gasteiger partial charge in [0, 0.05) is 1.37 Å². The van der Waals surface area contributed by atoms with Crippen molar-refractivity contribution in [3.05, 3.63) is 0 Å². The minimum atomic E-state index is -5.58. The van der Waals surface area contributed by atoms with E-state index in [1.807, 2.05) is 0 Å². The van der Waals surface area contributed by atoms with Gasteiger partial charge in [0.15, 0.2) is 0 Å². The summed E-state index contributed by atoms with van der Waals surface area (Å²) < 4.78 is 74.5. The van der Waals surface area contributed by atoms with Crippen molar-refractivity contribution in [2.75, 3.05) is 0 Å². The molecular formula is C4H4F6. The Morgan fingerprint density at radius 3 is 1.20 bits per heavy atom. The van der Waals surface area contributed by atoms with E-state index in [0.717, 1.165) is 0 Å². The van der Waals surface area contributed by atoms with Gasteiger partial charge < -0.3 is 0 Å². The molecule has 0 unspecified atom stereocenters. The Balaban J connectivity index is 4.75. The quantitative estimate of drug-likeness (QED) is 0.486. The Kier molecular flexibility index (Phi) is 1.78. The van der Waals surface area contributed by atoms with Crippen LogP contribution in [0.2, 0.25) is 0 Å². The molecule has 0 aliphatic carbocycles. The van der Waals surface area contributed by atoms with Crippen LogP contribution in [-0.2, 0) is 0 Å². The first-order valence-corrected chi connectivity index (χ1v) is 2.13. The van der Waals surface area contributed by atoms with E-state index in [-0.39, 0.29) is 6.92 Å². The summed E-state index contributed by atoms with van der Waals surface area (Å²) in [6.07, 6.45) is -11.2. The Labute approximate surface area is 54.2 Å². The standard InChI is InChI=1S/C4H4F6/c1-2(3(5,6)7)4(8,9)10/h2H,1H3/i2D. The van der Waals surface area contributed by atoms with Gasteiger partial charge in [-0.3, -0.25) is 0 Å². The summed E-state index contributed by atoms with van der Waals surface area (Å²) in [5.41, 5.74) is 0. The van der Waals surface area contributed by atoms with Crippen molar-refractivity contribution < 1.29 is 27.7 Å². The molecule has 0 heterocycles. The molecular weight excluding hydrogens is 162 g/mol. The lowest BCUT2D eigenvalue weighted by Crippen LogP contribution is -2.33. The van der Waals surface area contributed by atoms with Gasteiger partial charge in [-0.05, 0) is 6.92 Å². The lowest BCUT2D eigenvalue weighted by molar-refractivity contribution is -0.278. The fourth-order valence-corrected chi connectivity index (χ4v) is 0.161. The second kappa shape index (κ2) is 2.32. The van der Waals surface area contributed by atoms with Gasteiger partial charge in [-0.25, -0.2) is 0 Å². The Hall–Kier alpha value is -0.420. The summed E-state index contributed by atoms with van der Waals surface area (Å²) >= 11 is 0. The molecule has 0 spiro atoms. The molecule has 0 aliphatic rings. The molecule has 0 aliphatic heterocycles. The summed E-state index contributed by atoms with van der Waals surface area (Å²) in [7, 11) is 0. The third kappa shape index (κ3) is 2.45. The maximum Gasteiger partial charge on any atom is 0.400 e. The van der Waals surface area contributed by atoms with E-state index in [9.17, 15) is 26.3 Å². The maximum atomic E-state index is 11.4. The molecule has 0 rings (SSSR count). The molecule has 0 aromatic heterocycles. The van der Waals surface area contributed by atoms with Gasteiger partial charge in [-0.2, -0.15) is 26.3 Å². The highest BCUT2D eigenvalue weighted by atomic mass is 19.4. The third-order valence-electron chi connectivity index (χ3n) is 0.850. The number of rotatable bonds is 0. The lowest BCUT2D eigenvalue weighted by atomic mass is 10.2. The molecule has 62 valence electrons. The minimum absolute atomic E-state index is 0.229. The molecule has 0 N–H and O–H groups in total. The summed E-state index contributed by atoms with van der Waals surface area (Å²) in [5.74, 6) is -4.38. The van der Waals surface area contributed by atoms with Crippen LogP contribution in [0.4, 0.5) is 26.3 Å². The van der Waals surface area contributed by atoms with E-state index in [0.29, 0.717) is 0 Å². The van der Waals surface area contributed by atoms with Crippen molar-refractivity contribution in [3.8, 4) is 0 Å². The molecule has 0 bridgehead atoms. The second-order valence-electron chi connectivity index (χ2n) is 1.62. The molecule has 6 heteroatoms. The van der Waals surface area contributed by atoms with Gasteiger partial charge in [0.25, 0.3) is 0 Å². The van der Waals surface area contributed by atoms with Crippen LogP contribution < -0.4 is 0 Å². The van der Waals surface area contributed by atoms with E-state index in [2.05, 4.69) is 0 Å². The summed E-state index contributed by atoms with van der Waals surface area (Å²) in [5, 5.41) is 0. The summed E-state index contributed by atoms with van der Waals surface area (Å²) in [4.78, 5) is 0. The average molecular weight is 167 g/mol. The summed E-state index contributed by atoms with van der Waals surface area (Å²) in [6, 6.07) is 0. The van der Waals surface area contributed by atoms with Gasteiger partial charge in [-0.15, -0.1) is 0 Å². The van der Waals surface area contributed by atoms with Gasteiger partial charge >= 0.3 is 12.4 Å². The highest BCUT2D eigenvalue weighted by molar-refractivity contribution is 4.69. The highest BCUT2D eigenvalue weighted by Crippen LogP contribution is 2.38. The number of hydrogen-bond donors (Lipinski definition) is 0. The van der Waals surface area contributed by atoms with Gasteiger partial charge in [-0.1, -0.05) is 0 Å². The van der Waals surface area contributed by atoms with Crippen molar-refractivity contribution in [2.45, 2.75) is 19.3 Å². The first-order valence-electron chi connectivity index (χ1n) is 2.63. The average Bonchev–Trinajstić information content (AvgIpc) is 1.58. The number of halogens is 6. The zero-order chi connectivity index (χ0) is 9.50. The SMILES string of the molecule is [2H]C(C)(C(F)(F)F)C(F)(F)F. The predicted molar refractivity (Wildman–Crippen MR) is 21.3 cm³/mol. The van der Waals surface area contributed by atoms with Crippen LogP contribution in [0.3, 0.4) is 0 Å². The fraction of sp³-hybridized carbons (Fsp3) is 1.00. The van der Waals surface area contributed by atoms with Gasteiger partial charge in [0.05, 0.1) is 0 Å². The number of alkyl halides is 6. The Bertz CT molecular complexity index is 126. The van der Waals surface area contributed by atoms with Crippen molar-refractivity contribution >= 4 is 0 Å². The van der Waals surface area contributed by atoms with Crippen LogP contribution in [0.5, 0.6) is 0 Å². The van der Waals surface area contributed by atoms with E-state index in [1.54, 1.807) is 0 Å². The monoisotopic (exact) mass is 167 g/mol. The minimum Gasteiger partial charge on any atom is -0.170 e. The van der Waals surface area contributed by atoms with Gasteiger partial charge in [0.2, 0.25) is 0 Å². The molecule has 0 atom stereocenters. The molecule has 0 saturated heterocycles. The molecule has 10 heavy (non-hydrogen) atoms. The van der Waals surface area contributed by atoms with Gasteiger partial charge in [0.1, 0.15) is 5.89 Å². The summed E-state index contributed by atoms with van der Waals surface area (Å²) in [6.45, 7) is -0.229. The first kappa shape index (κ1) is 7.68. The van der Waals surface area contributed by atoms with E-state index in [4.69, 9.17) is 1.37 Å². The van der Waals surface area contributed by atoms with Crippen LogP contribution in [0, 0.1) is 5.89 Å². The second-order valence-corrected chi connectivity index (χ2v) is 1.62. The molecule has 0 radical (unpaired) electrons. The zero-order valence-electron chi connectivity index (χ0n) is 5.77. The van der Waals surface area contributed by atoms with Crippen molar-refractivity contribution in [1.29, 1.82) is 0 Å². The van der Waals surface area contributed by atoms with Crippen LogP contribution in [0.15, 0.2) is 0 Å². The van der Waals surface area contributed by atoms with Crippen molar-refractivity contribution in [2.24, 2.45) is 5.89 Å². The smallest absolute Gasteiger partial charge is 0.170 e. The molecule has 0 aromatic carbocycles. The maximum absolute atomic E-state index is 11.4. The topological polar surface area (TPSA) is 0 Å². The Morgan fingerprint density at radius 1 is 1.00 bits per heavy atom. The lowest BCUT2D eigenvalue weighted by Gasteiger charge is -2.17. The van der Waals surface area contributed by atoms with Crippen LogP contribution in [-0.4, -0.2) is 12.4 Å². The normalized spacial score (nSPS) is 16.9. The fourth-order valence-electron chi connectivity index (χ4n) is 0.161. The molecule has 0 amide bonds. The highest BCUT2D eigenvalue weighted by Gasteiger charge is 2.53. The molecule has 0 saturated carbocycles. The third-order valence-corrected chi connectivity index (χ3v) is 0.850. The molecule has 0 aromatic rings. The largest absolute Gasteiger partial charge is 0.400 e.